The van der Waals surface area contributed by atoms with Crippen molar-refractivity contribution >= 4 is 29.1 Å². The van der Waals surface area contributed by atoms with Gasteiger partial charge in [-0.25, -0.2) is 0 Å². The number of imide groups is 1. The van der Waals surface area contributed by atoms with Crippen LogP contribution in [0, 0.1) is 5.92 Å². The maximum absolute atomic E-state index is 11.8. The van der Waals surface area contributed by atoms with Crippen LogP contribution < -0.4 is 11.1 Å². The molecule has 6 nitrogen and oxygen atoms in total. The summed E-state index contributed by atoms with van der Waals surface area (Å²) in [6, 6.07) is 6.63. The van der Waals surface area contributed by atoms with Crippen molar-refractivity contribution in [3.8, 4) is 0 Å². The third-order valence-electron chi connectivity index (χ3n) is 2.97. The van der Waals surface area contributed by atoms with Crippen LogP contribution in [0.1, 0.15) is 13.3 Å². The highest BCUT2D eigenvalue weighted by molar-refractivity contribution is 6.07. The normalized spacial score (nSPS) is 18.8. The van der Waals surface area contributed by atoms with Crippen LogP contribution in [0.5, 0.6) is 0 Å². The minimum absolute atomic E-state index is 0.175. The van der Waals surface area contributed by atoms with Crippen LogP contribution in [0.15, 0.2) is 24.3 Å². The average Bonchev–Trinajstić information content (AvgIpc) is 2.59. The van der Waals surface area contributed by atoms with Gasteiger partial charge >= 0.3 is 0 Å². The zero-order chi connectivity index (χ0) is 14.0. The van der Waals surface area contributed by atoms with Crippen molar-refractivity contribution in [3.63, 3.8) is 0 Å². The predicted molar refractivity (Wildman–Crippen MR) is 70.0 cm³/mol. The number of carbonyl (C=O) groups excluding carboxylic acids is 3. The van der Waals surface area contributed by atoms with E-state index in [-0.39, 0.29) is 30.7 Å². The molecule has 1 aromatic rings. The number of anilines is 2. The van der Waals surface area contributed by atoms with Crippen molar-refractivity contribution in [1.29, 1.82) is 0 Å². The summed E-state index contributed by atoms with van der Waals surface area (Å²) in [4.78, 5) is 36.0. The number of nitrogen functional groups attached to an aromatic ring is 1. The lowest BCUT2D eigenvalue weighted by Gasteiger charge is -2.14. The highest BCUT2D eigenvalue weighted by atomic mass is 16.2. The summed E-state index contributed by atoms with van der Waals surface area (Å²) in [6.07, 6.45) is 0.175. The molecule has 1 heterocycles. The molecule has 0 aromatic heterocycles. The standard InChI is InChI=1S/C13H15N3O3/c1-8-6-12(18)16(13(8)19)7-11(17)15-10-4-2-9(14)3-5-10/h2-5,8H,6-7,14H2,1H3,(H,15,17). The molecule has 1 aromatic carbocycles. The van der Waals surface area contributed by atoms with E-state index in [1.165, 1.54) is 0 Å². The predicted octanol–water partition coefficient (Wildman–Crippen LogP) is 0.602. The molecule has 1 aliphatic heterocycles. The Morgan fingerprint density at radius 2 is 2.00 bits per heavy atom. The molecule has 1 fully saturated rings. The molecule has 6 heteroatoms. The van der Waals surface area contributed by atoms with Gasteiger partial charge in [-0.15, -0.1) is 0 Å². The summed E-state index contributed by atoms with van der Waals surface area (Å²) in [6.45, 7) is 1.44. The largest absolute Gasteiger partial charge is 0.399 e. The summed E-state index contributed by atoms with van der Waals surface area (Å²) in [5, 5.41) is 2.61. The molecule has 1 atom stereocenters. The molecule has 1 saturated heterocycles. The van der Waals surface area contributed by atoms with Gasteiger partial charge < -0.3 is 11.1 Å². The van der Waals surface area contributed by atoms with Gasteiger partial charge in [-0.3, -0.25) is 19.3 Å². The molecule has 3 amide bonds. The van der Waals surface area contributed by atoms with Crippen LogP contribution in [0.4, 0.5) is 11.4 Å². The third-order valence-corrected chi connectivity index (χ3v) is 2.97. The van der Waals surface area contributed by atoms with E-state index in [1.807, 2.05) is 0 Å². The molecule has 0 saturated carbocycles. The number of hydrogen-bond donors (Lipinski definition) is 2. The van der Waals surface area contributed by atoms with Gasteiger partial charge in [-0.2, -0.15) is 0 Å². The summed E-state index contributed by atoms with van der Waals surface area (Å²) in [7, 11) is 0. The molecular formula is C13H15N3O3. The summed E-state index contributed by atoms with van der Waals surface area (Å²) in [5.41, 5.74) is 6.70. The van der Waals surface area contributed by atoms with E-state index in [9.17, 15) is 14.4 Å². The fourth-order valence-electron chi connectivity index (χ4n) is 1.93. The van der Waals surface area contributed by atoms with Gasteiger partial charge in [0.25, 0.3) is 0 Å². The van der Waals surface area contributed by atoms with Crippen molar-refractivity contribution in [1.82, 2.24) is 4.90 Å². The molecule has 19 heavy (non-hydrogen) atoms. The van der Waals surface area contributed by atoms with Gasteiger partial charge in [0.05, 0.1) is 0 Å². The van der Waals surface area contributed by atoms with E-state index in [4.69, 9.17) is 5.73 Å². The third kappa shape index (κ3) is 2.90. The smallest absolute Gasteiger partial charge is 0.244 e. The summed E-state index contributed by atoms with van der Waals surface area (Å²) in [5.74, 6) is -1.33. The minimum Gasteiger partial charge on any atom is -0.399 e. The van der Waals surface area contributed by atoms with Crippen LogP contribution in [0.2, 0.25) is 0 Å². The van der Waals surface area contributed by atoms with E-state index in [0.717, 1.165) is 4.90 Å². The molecule has 1 unspecified atom stereocenters. The molecule has 100 valence electrons. The van der Waals surface area contributed by atoms with Crippen molar-refractivity contribution in [2.45, 2.75) is 13.3 Å². The fraction of sp³-hybridized carbons (Fsp3) is 0.308. The van der Waals surface area contributed by atoms with Crippen molar-refractivity contribution in [3.05, 3.63) is 24.3 Å². The summed E-state index contributed by atoms with van der Waals surface area (Å²) < 4.78 is 0. The molecule has 0 spiro atoms. The van der Waals surface area contributed by atoms with Crippen LogP contribution >= 0.6 is 0 Å². The number of nitrogens with zero attached hydrogens (tertiary/aromatic N) is 1. The Morgan fingerprint density at radius 3 is 2.53 bits per heavy atom. The van der Waals surface area contributed by atoms with E-state index in [1.54, 1.807) is 31.2 Å². The number of nitrogens with one attached hydrogen (secondary N) is 1. The Bertz CT molecular complexity index is 524. The van der Waals surface area contributed by atoms with Crippen LogP contribution in [-0.4, -0.2) is 29.2 Å². The quantitative estimate of drug-likeness (QED) is 0.615. The molecular weight excluding hydrogens is 246 g/mol. The summed E-state index contributed by atoms with van der Waals surface area (Å²) >= 11 is 0. The first-order valence-corrected chi connectivity index (χ1v) is 5.97. The van der Waals surface area contributed by atoms with Gasteiger partial charge in [0.2, 0.25) is 17.7 Å². The number of hydrogen-bond acceptors (Lipinski definition) is 4. The van der Waals surface area contributed by atoms with E-state index in [2.05, 4.69) is 5.32 Å². The first kappa shape index (κ1) is 13.1. The Labute approximate surface area is 110 Å². The Morgan fingerprint density at radius 1 is 1.37 bits per heavy atom. The number of nitrogens with two attached hydrogens (primary N) is 1. The monoisotopic (exact) mass is 261 g/mol. The zero-order valence-corrected chi connectivity index (χ0v) is 10.6. The number of carbonyl (C=O) groups is 3. The lowest BCUT2D eigenvalue weighted by atomic mass is 10.1. The van der Waals surface area contributed by atoms with Crippen LogP contribution in [0.3, 0.4) is 0 Å². The molecule has 0 radical (unpaired) electrons. The topological polar surface area (TPSA) is 92.5 Å². The number of amides is 3. The van der Waals surface area contributed by atoms with Gasteiger partial charge in [0.1, 0.15) is 6.54 Å². The van der Waals surface area contributed by atoms with Crippen LogP contribution in [0.25, 0.3) is 0 Å². The number of likely N-dealkylation sites (tertiary alicyclic amines) is 1. The van der Waals surface area contributed by atoms with Gasteiger partial charge in [0.15, 0.2) is 0 Å². The van der Waals surface area contributed by atoms with E-state index < -0.39 is 5.91 Å². The lowest BCUT2D eigenvalue weighted by Crippen LogP contribution is -2.37. The first-order chi connectivity index (χ1) is 8.97. The number of rotatable bonds is 3. The zero-order valence-electron chi connectivity index (χ0n) is 10.6. The number of benzene rings is 1. The second-order valence-electron chi connectivity index (χ2n) is 4.59. The van der Waals surface area contributed by atoms with Crippen LogP contribution in [-0.2, 0) is 14.4 Å². The Kier molecular flexibility index (Phi) is 3.50. The average molecular weight is 261 g/mol. The maximum Gasteiger partial charge on any atom is 0.244 e. The molecule has 3 N–H and O–H groups in total. The maximum atomic E-state index is 11.8. The van der Waals surface area contributed by atoms with Gasteiger partial charge in [-0.05, 0) is 24.3 Å². The second-order valence-corrected chi connectivity index (χ2v) is 4.59. The minimum atomic E-state index is -0.402. The van der Waals surface area contributed by atoms with Crippen molar-refractivity contribution < 1.29 is 14.4 Å². The van der Waals surface area contributed by atoms with E-state index >= 15 is 0 Å². The second kappa shape index (κ2) is 5.09. The molecule has 0 aliphatic carbocycles. The molecule has 0 bridgehead atoms. The van der Waals surface area contributed by atoms with E-state index in [0.29, 0.717) is 11.4 Å². The van der Waals surface area contributed by atoms with Gasteiger partial charge in [0, 0.05) is 23.7 Å². The highest BCUT2D eigenvalue weighted by Crippen LogP contribution is 2.18. The SMILES string of the molecule is CC1CC(=O)N(CC(=O)Nc2ccc(N)cc2)C1=O. The Hall–Kier alpha value is -2.37. The molecule has 1 aliphatic rings. The lowest BCUT2D eigenvalue weighted by molar-refractivity contribution is -0.142. The molecule has 2 rings (SSSR count). The van der Waals surface area contributed by atoms with Gasteiger partial charge in [-0.1, -0.05) is 6.92 Å². The Balaban J connectivity index is 1.96. The first-order valence-electron chi connectivity index (χ1n) is 5.97. The van der Waals surface area contributed by atoms with Crippen molar-refractivity contribution in [2.75, 3.05) is 17.6 Å². The fourth-order valence-corrected chi connectivity index (χ4v) is 1.93. The van der Waals surface area contributed by atoms with Crippen molar-refractivity contribution in [2.24, 2.45) is 5.92 Å². The highest BCUT2D eigenvalue weighted by Gasteiger charge is 2.36.